The molecular weight excluding hydrogens is 377 g/mol. The Labute approximate surface area is 166 Å². The van der Waals surface area contributed by atoms with Crippen LogP contribution in [0.3, 0.4) is 0 Å². The maximum absolute atomic E-state index is 13.1. The van der Waals surface area contributed by atoms with Gasteiger partial charge >= 0.3 is 0 Å². The number of halogens is 1. The fraction of sp³-hybridized carbons (Fsp3) is 0.316. The fourth-order valence-electron chi connectivity index (χ4n) is 3.37. The predicted octanol–water partition coefficient (Wildman–Crippen LogP) is 2.09. The average molecular weight is 397 g/mol. The van der Waals surface area contributed by atoms with E-state index in [9.17, 15) is 14.5 Å². The lowest BCUT2D eigenvalue weighted by molar-refractivity contribution is -0.384. The van der Waals surface area contributed by atoms with E-state index >= 15 is 0 Å². The Balaban J connectivity index is 1.34. The highest BCUT2D eigenvalue weighted by atomic mass is 19.1. The van der Waals surface area contributed by atoms with Crippen LogP contribution in [0.1, 0.15) is 11.4 Å². The molecular formula is C19H20FN7O2. The van der Waals surface area contributed by atoms with Crippen LogP contribution < -0.4 is 4.90 Å². The van der Waals surface area contributed by atoms with Crippen LogP contribution in [-0.4, -0.2) is 56.2 Å². The van der Waals surface area contributed by atoms with Gasteiger partial charge < -0.3 is 4.90 Å². The minimum Gasteiger partial charge on any atom is -0.369 e. The maximum atomic E-state index is 13.1. The monoisotopic (exact) mass is 397 g/mol. The highest BCUT2D eigenvalue weighted by molar-refractivity contribution is 5.51. The lowest BCUT2D eigenvalue weighted by Gasteiger charge is -2.35. The van der Waals surface area contributed by atoms with E-state index in [2.05, 4.69) is 25.3 Å². The molecule has 2 aromatic carbocycles. The molecule has 0 saturated carbocycles. The molecule has 0 atom stereocenters. The van der Waals surface area contributed by atoms with E-state index in [-0.39, 0.29) is 11.5 Å². The molecule has 1 saturated heterocycles. The van der Waals surface area contributed by atoms with Gasteiger partial charge in [-0.2, -0.15) is 0 Å². The molecule has 0 radical (unpaired) electrons. The zero-order chi connectivity index (χ0) is 20.2. The van der Waals surface area contributed by atoms with E-state index in [1.54, 1.807) is 28.9 Å². The van der Waals surface area contributed by atoms with Crippen molar-refractivity contribution in [3.05, 3.63) is 75.9 Å². The molecule has 0 unspecified atom stereocenters. The van der Waals surface area contributed by atoms with E-state index in [1.165, 1.54) is 24.3 Å². The summed E-state index contributed by atoms with van der Waals surface area (Å²) in [6, 6.07) is 13.0. The molecule has 4 rings (SSSR count). The second kappa shape index (κ2) is 8.31. The minimum atomic E-state index is -0.391. The number of anilines is 1. The highest BCUT2D eigenvalue weighted by Crippen LogP contribution is 2.21. The zero-order valence-corrected chi connectivity index (χ0v) is 15.7. The van der Waals surface area contributed by atoms with Crippen molar-refractivity contribution >= 4 is 11.4 Å². The van der Waals surface area contributed by atoms with E-state index in [0.717, 1.165) is 43.3 Å². The van der Waals surface area contributed by atoms with Crippen molar-refractivity contribution < 1.29 is 9.31 Å². The van der Waals surface area contributed by atoms with Gasteiger partial charge in [0.2, 0.25) is 0 Å². The number of nitro groups is 1. The second-order valence-electron chi connectivity index (χ2n) is 6.92. The molecule has 0 aliphatic carbocycles. The third-order valence-corrected chi connectivity index (χ3v) is 5.01. The molecule has 0 N–H and O–H groups in total. The van der Waals surface area contributed by atoms with E-state index in [4.69, 9.17) is 0 Å². The molecule has 0 amide bonds. The van der Waals surface area contributed by atoms with Gasteiger partial charge in [0.05, 0.1) is 18.0 Å². The third-order valence-electron chi connectivity index (χ3n) is 5.01. The van der Waals surface area contributed by atoms with Gasteiger partial charge in [-0.05, 0) is 40.3 Å². The summed E-state index contributed by atoms with van der Waals surface area (Å²) in [5.74, 6) is 0.495. The summed E-state index contributed by atoms with van der Waals surface area (Å²) in [6.45, 7) is 4.42. The van der Waals surface area contributed by atoms with Crippen molar-refractivity contribution in [2.45, 2.75) is 13.1 Å². The van der Waals surface area contributed by atoms with Crippen LogP contribution >= 0.6 is 0 Å². The summed E-state index contributed by atoms with van der Waals surface area (Å²) in [4.78, 5) is 14.9. The number of nitrogens with zero attached hydrogens (tertiary/aromatic N) is 7. The maximum Gasteiger partial charge on any atom is 0.269 e. The first-order valence-corrected chi connectivity index (χ1v) is 9.30. The Hall–Kier alpha value is -3.40. The number of tetrazole rings is 1. The standard InChI is InChI=1S/C19H20FN7O2/c20-16-3-1-15(2-4-16)13-26-19(21-22-23-26)14-24-9-11-25(12-10-24)17-5-7-18(8-6-17)27(28)29/h1-8H,9-14H2. The number of piperazine rings is 1. The van der Waals surface area contributed by atoms with Crippen LogP contribution in [0, 0.1) is 15.9 Å². The molecule has 9 nitrogen and oxygen atoms in total. The molecule has 29 heavy (non-hydrogen) atoms. The number of hydrogen-bond donors (Lipinski definition) is 0. The van der Waals surface area contributed by atoms with Crippen LogP contribution in [-0.2, 0) is 13.1 Å². The molecule has 1 fully saturated rings. The van der Waals surface area contributed by atoms with Crippen LogP contribution in [0.15, 0.2) is 48.5 Å². The first-order chi connectivity index (χ1) is 14.1. The SMILES string of the molecule is O=[N+]([O-])c1ccc(N2CCN(Cc3nnnn3Cc3ccc(F)cc3)CC2)cc1. The average Bonchev–Trinajstić information content (AvgIpc) is 3.17. The Morgan fingerprint density at radius 1 is 0.966 bits per heavy atom. The van der Waals surface area contributed by atoms with Gasteiger partial charge in [-0.15, -0.1) is 5.10 Å². The Bertz CT molecular complexity index is 967. The molecule has 0 bridgehead atoms. The topological polar surface area (TPSA) is 93.2 Å². The predicted molar refractivity (Wildman–Crippen MR) is 104 cm³/mol. The molecule has 1 aliphatic heterocycles. The third kappa shape index (κ3) is 4.54. The fourth-order valence-corrected chi connectivity index (χ4v) is 3.37. The van der Waals surface area contributed by atoms with Crippen LogP contribution in [0.4, 0.5) is 15.8 Å². The van der Waals surface area contributed by atoms with Gasteiger partial charge in [0, 0.05) is 44.0 Å². The van der Waals surface area contributed by atoms with Crippen molar-refractivity contribution in [3.63, 3.8) is 0 Å². The van der Waals surface area contributed by atoms with Gasteiger partial charge in [-0.3, -0.25) is 15.0 Å². The van der Waals surface area contributed by atoms with Crippen LogP contribution in [0.5, 0.6) is 0 Å². The molecule has 1 aromatic heterocycles. The quantitative estimate of drug-likeness (QED) is 0.464. The Morgan fingerprint density at radius 3 is 2.31 bits per heavy atom. The van der Waals surface area contributed by atoms with Crippen molar-refractivity contribution in [2.75, 3.05) is 31.1 Å². The van der Waals surface area contributed by atoms with E-state index in [0.29, 0.717) is 13.1 Å². The van der Waals surface area contributed by atoms with Gasteiger partial charge in [-0.1, -0.05) is 12.1 Å². The van der Waals surface area contributed by atoms with Crippen LogP contribution in [0.25, 0.3) is 0 Å². The van der Waals surface area contributed by atoms with Crippen molar-refractivity contribution in [1.82, 2.24) is 25.1 Å². The van der Waals surface area contributed by atoms with Gasteiger partial charge in [-0.25, -0.2) is 9.07 Å². The van der Waals surface area contributed by atoms with Crippen molar-refractivity contribution in [3.8, 4) is 0 Å². The molecule has 150 valence electrons. The number of rotatable bonds is 6. The first-order valence-electron chi connectivity index (χ1n) is 9.30. The summed E-state index contributed by atoms with van der Waals surface area (Å²) in [6.07, 6.45) is 0. The second-order valence-corrected chi connectivity index (χ2v) is 6.92. The summed E-state index contributed by atoms with van der Waals surface area (Å²) < 4.78 is 14.8. The van der Waals surface area contributed by atoms with E-state index < -0.39 is 4.92 Å². The Kier molecular flexibility index (Phi) is 5.43. The number of nitro benzene ring substituents is 1. The normalized spacial score (nSPS) is 14.9. The van der Waals surface area contributed by atoms with Crippen LogP contribution in [0.2, 0.25) is 0 Å². The number of non-ortho nitro benzene ring substituents is 1. The molecule has 10 heteroatoms. The van der Waals surface area contributed by atoms with E-state index in [1.807, 2.05) is 0 Å². The number of hydrogen-bond acceptors (Lipinski definition) is 7. The smallest absolute Gasteiger partial charge is 0.269 e. The summed E-state index contributed by atoms with van der Waals surface area (Å²) >= 11 is 0. The summed E-state index contributed by atoms with van der Waals surface area (Å²) in [5, 5.41) is 22.8. The van der Waals surface area contributed by atoms with Crippen molar-refractivity contribution in [2.24, 2.45) is 0 Å². The molecule has 0 spiro atoms. The largest absolute Gasteiger partial charge is 0.369 e. The van der Waals surface area contributed by atoms with Gasteiger partial charge in [0.1, 0.15) is 5.82 Å². The summed E-state index contributed by atoms with van der Waals surface area (Å²) in [7, 11) is 0. The Morgan fingerprint density at radius 2 is 1.66 bits per heavy atom. The lowest BCUT2D eigenvalue weighted by atomic mass is 10.2. The molecule has 2 heterocycles. The molecule has 3 aromatic rings. The highest BCUT2D eigenvalue weighted by Gasteiger charge is 2.20. The summed E-state index contributed by atoms with van der Waals surface area (Å²) in [5.41, 5.74) is 2.01. The van der Waals surface area contributed by atoms with Crippen molar-refractivity contribution in [1.29, 1.82) is 0 Å². The number of aromatic nitrogens is 4. The number of benzene rings is 2. The van der Waals surface area contributed by atoms with Gasteiger partial charge in [0.25, 0.3) is 5.69 Å². The minimum absolute atomic E-state index is 0.0976. The zero-order valence-electron chi connectivity index (χ0n) is 15.7. The lowest BCUT2D eigenvalue weighted by Crippen LogP contribution is -2.46. The van der Waals surface area contributed by atoms with Gasteiger partial charge in [0.15, 0.2) is 5.82 Å². The molecule has 1 aliphatic rings. The first kappa shape index (κ1) is 18.9.